The van der Waals surface area contributed by atoms with Crippen molar-refractivity contribution in [1.29, 1.82) is 0 Å². The van der Waals surface area contributed by atoms with Gasteiger partial charge in [-0.25, -0.2) is 0 Å². The highest BCUT2D eigenvalue weighted by molar-refractivity contribution is 6.31. The topological polar surface area (TPSA) is 20.2 Å². The Morgan fingerprint density at radius 2 is 1.87 bits per heavy atom. The molecule has 0 heterocycles. The zero-order valence-corrected chi connectivity index (χ0v) is 10.4. The van der Waals surface area contributed by atoms with Gasteiger partial charge in [0.2, 0.25) is 0 Å². The van der Waals surface area contributed by atoms with E-state index in [0.717, 1.165) is 29.0 Å². The number of halogens is 1. The van der Waals surface area contributed by atoms with Crippen molar-refractivity contribution in [3.63, 3.8) is 0 Å². The van der Waals surface area contributed by atoms with Crippen molar-refractivity contribution in [2.75, 3.05) is 0 Å². The first-order chi connectivity index (χ1) is 7.10. The predicted molar refractivity (Wildman–Crippen MR) is 65.2 cm³/mol. The monoisotopic (exact) mass is 226 g/mol. The van der Waals surface area contributed by atoms with Gasteiger partial charge in [-0.2, -0.15) is 0 Å². The van der Waals surface area contributed by atoms with Crippen molar-refractivity contribution < 1.29 is 5.11 Å². The summed E-state index contributed by atoms with van der Waals surface area (Å²) in [7, 11) is 0. The standard InChI is InChI=1S/C13H19ClO/c1-4-10(5-2)13(15)11-6-7-12(14)9(3)8-11/h6-8,10,13,15H,4-5H2,1-3H3. The molecule has 2 heteroatoms. The van der Waals surface area contributed by atoms with Gasteiger partial charge >= 0.3 is 0 Å². The van der Waals surface area contributed by atoms with Crippen LogP contribution in [0.4, 0.5) is 0 Å². The van der Waals surface area contributed by atoms with Crippen LogP contribution in [0, 0.1) is 12.8 Å². The number of aliphatic hydroxyl groups excluding tert-OH is 1. The molecule has 1 aromatic carbocycles. The van der Waals surface area contributed by atoms with Crippen LogP contribution in [0.2, 0.25) is 5.02 Å². The Morgan fingerprint density at radius 1 is 1.27 bits per heavy atom. The van der Waals surface area contributed by atoms with E-state index < -0.39 is 0 Å². The van der Waals surface area contributed by atoms with Gasteiger partial charge in [-0.1, -0.05) is 50.4 Å². The number of hydrogen-bond donors (Lipinski definition) is 1. The molecule has 1 N–H and O–H groups in total. The normalized spacial score (nSPS) is 13.2. The molecule has 1 nitrogen and oxygen atoms in total. The van der Waals surface area contributed by atoms with Crippen molar-refractivity contribution in [2.45, 2.75) is 39.7 Å². The summed E-state index contributed by atoms with van der Waals surface area (Å²) < 4.78 is 0. The Hall–Kier alpha value is -0.530. The minimum Gasteiger partial charge on any atom is -0.388 e. The molecule has 0 radical (unpaired) electrons. The SMILES string of the molecule is CCC(CC)C(O)c1ccc(Cl)c(C)c1. The summed E-state index contributed by atoms with van der Waals surface area (Å²) in [6, 6.07) is 5.75. The fourth-order valence-electron chi connectivity index (χ4n) is 1.86. The van der Waals surface area contributed by atoms with E-state index in [4.69, 9.17) is 11.6 Å². The molecule has 1 unspecified atom stereocenters. The quantitative estimate of drug-likeness (QED) is 0.819. The van der Waals surface area contributed by atoms with E-state index in [9.17, 15) is 5.11 Å². The van der Waals surface area contributed by atoms with E-state index in [0.29, 0.717) is 5.92 Å². The van der Waals surface area contributed by atoms with Crippen LogP contribution in [0.1, 0.15) is 43.9 Å². The summed E-state index contributed by atoms with van der Waals surface area (Å²) in [5.41, 5.74) is 2.00. The smallest absolute Gasteiger partial charge is 0.0818 e. The molecular formula is C13H19ClO. The van der Waals surface area contributed by atoms with Crippen molar-refractivity contribution in [2.24, 2.45) is 5.92 Å². The first-order valence-electron chi connectivity index (χ1n) is 5.54. The Balaban J connectivity index is 2.90. The van der Waals surface area contributed by atoms with E-state index in [1.54, 1.807) is 0 Å². The van der Waals surface area contributed by atoms with Crippen LogP contribution in [0.15, 0.2) is 18.2 Å². The first kappa shape index (κ1) is 12.5. The lowest BCUT2D eigenvalue weighted by Gasteiger charge is -2.20. The lowest BCUT2D eigenvalue weighted by Crippen LogP contribution is -2.10. The van der Waals surface area contributed by atoms with Crippen LogP contribution in [0.3, 0.4) is 0 Å². The zero-order chi connectivity index (χ0) is 11.4. The third-order valence-corrected chi connectivity index (χ3v) is 3.44. The van der Waals surface area contributed by atoms with Gasteiger partial charge in [0.05, 0.1) is 6.10 Å². The van der Waals surface area contributed by atoms with Gasteiger partial charge in [0.15, 0.2) is 0 Å². The zero-order valence-electron chi connectivity index (χ0n) is 9.63. The van der Waals surface area contributed by atoms with E-state index in [1.807, 2.05) is 25.1 Å². The molecule has 0 aliphatic heterocycles. The second-order valence-corrected chi connectivity index (χ2v) is 4.44. The van der Waals surface area contributed by atoms with Crippen molar-refractivity contribution in [3.05, 3.63) is 34.3 Å². The molecule has 0 bridgehead atoms. The molecule has 1 rings (SSSR count). The van der Waals surface area contributed by atoms with Crippen molar-refractivity contribution in [1.82, 2.24) is 0 Å². The molecule has 0 saturated heterocycles. The van der Waals surface area contributed by atoms with Crippen LogP contribution in [-0.4, -0.2) is 5.11 Å². The molecule has 0 spiro atoms. The first-order valence-corrected chi connectivity index (χ1v) is 5.92. The molecule has 84 valence electrons. The molecule has 0 fully saturated rings. The highest BCUT2D eigenvalue weighted by Gasteiger charge is 2.17. The van der Waals surface area contributed by atoms with Gasteiger partial charge in [0.1, 0.15) is 0 Å². The Bertz CT molecular complexity index is 318. The summed E-state index contributed by atoms with van der Waals surface area (Å²) in [6.07, 6.45) is 1.63. The van der Waals surface area contributed by atoms with Gasteiger partial charge in [-0.05, 0) is 30.0 Å². The third kappa shape index (κ3) is 2.96. The summed E-state index contributed by atoms with van der Waals surface area (Å²) in [5, 5.41) is 10.9. The van der Waals surface area contributed by atoms with Gasteiger partial charge in [-0.3, -0.25) is 0 Å². The Kier molecular flexibility index (Phi) is 4.62. The molecular weight excluding hydrogens is 208 g/mol. The maximum atomic E-state index is 10.2. The number of aliphatic hydroxyl groups is 1. The Labute approximate surface area is 97.1 Å². The average Bonchev–Trinajstić information content (AvgIpc) is 2.23. The van der Waals surface area contributed by atoms with Gasteiger partial charge in [0, 0.05) is 5.02 Å². The molecule has 15 heavy (non-hydrogen) atoms. The average molecular weight is 227 g/mol. The summed E-state index contributed by atoms with van der Waals surface area (Å²) in [6.45, 7) is 6.19. The van der Waals surface area contributed by atoms with Gasteiger partial charge in [0.25, 0.3) is 0 Å². The Morgan fingerprint density at radius 3 is 2.33 bits per heavy atom. The maximum absolute atomic E-state index is 10.2. The third-order valence-electron chi connectivity index (χ3n) is 3.02. The highest BCUT2D eigenvalue weighted by atomic mass is 35.5. The molecule has 1 aromatic rings. The fourth-order valence-corrected chi connectivity index (χ4v) is 1.98. The molecule has 0 saturated carbocycles. The summed E-state index contributed by atoms with van der Waals surface area (Å²) >= 11 is 5.95. The van der Waals surface area contributed by atoms with Crippen LogP contribution >= 0.6 is 11.6 Å². The number of hydrogen-bond acceptors (Lipinski definition) is 1. The lowest BCUT2D eigenvalue weighted by molar-refractivity contribution is 0.103. The van der Waals surface area contributed by atoms with Gasteiger partial charge < -0.3 is 5.11 Å². The largest absolute Gasteiger partial charge is 0.388 e. The van der Waals surface area contributed by atoms with Crippen molar-refractivity contribution >= 4 is 11.6 Å². The second kappa shape index (κ2) is 5.53. The fraction of sp³-hybridized carbons (Fsp3) is 0.538. The van der Waals surface area contributed by atoms with E-state index >= 15 is 0 Å². The van der Waals surface area contributed by atoms with Crippen molar-refractivity contribution in [3.8, 4) is 0 Å². The molecule has 0 amide bonds. The van der Waals surface area contributed by atoms with E-state index in [2.05, 4.69) is 13.8 Å². The minimum atomic E-state index is -0.365. The molecule has 1 atom stereocenters. The van der Waals surface area contributed by atoms with Gasteiger partial charge in [-0.15, -0.1) is 0 Å². The van der Waals surface area contributed by atoms with E-state index in [1.165, 1.54) is 0 Å². The molecule has 0 aliphatic carbocycles. The van der Waals surface area contributed by atoms with Crippen LogP contribution < -0.4 is 0 Å². The summed E-state index contributed by atoms with van der Waals surface area (Å²) in [4.78, 5) is 0. The second-order valence-electron chi connectivity index (χ2n) is 4.03. The molecule has 0 aliphatic rings. The van der Waals surface area contributed by atoms with Crippen LogP contribution in [0.25, 0.3) is 0 Å². The number of rotatable bonds is 4. The molecule has 0 aromatic heterocycles. The predicted octanol–water partition coefficient (Wildman–Crippen LogP) is 4.12. The number of aryl methyl sites for hydroxylation is 1. The minimum absolute atomic E-state index is 0.338. The highest BCUT2D eigenvalue weighted by Crippen LogP contribution is 2.29. The number of benzene rings is 1. The van der Waals surface area contributed by atoms with E-state index in [-0.39, 0.29) is 6.10 Å². The van der Waals surface area contributed by atoms with Crippen LogP contribution in [-0.2, 0) is 0 Å². The van der Waals surface area contributed by atoms with Crippen LogP contribution in [0.5, 0.6) is 0 Å². The summed E-state index contributed by atoms with van der Waals surface area (Å²) in [5.74, 6) is 0.338. The lowest BCUT2D eigenvalue weighted by atomic mass is 9.91. The maximum Gasteiger partial charge on any atom is 0.0818 e.